The molecule has 2 saturated heterocycles. The molecule has 2 aliphatic rings. The number of aliphatic hydroxyl groups is 1. The lowest BCUT2D eigenvalue weighted by atomic mass is 9.97. The van der Waals surface area contributed by atoms with E-state index in [1.54, 1.807) is 153 Å². The van der Waals surface area contributed by atoms with Crippen molar-refractivity contribution in [2.24, 2.45) is 17.2 Å². The summed E-state index contributed by atoms with van der Waals surface area (Å²) in [4.78, 5) is 234. The van der Waals surface area contributed by atoms with E-state index in [4.69, 9.17) is 28.0 Å². The number of carboxylic acid groups (broad SMARTS) is 3. The molecule has 3 aromatic heterocycles. The number of rotatable bonds is 46. The monoisotopic (exact) mass is 1910 g/mol. The smallest absolute Gasteiger partial charge is 0.330 e. The van der Waals surface area contributed by atoms with Crippen LogP contribution in [0.3, 0.4) is 0 Å². The summed E-state index contributed by atoms with van der Waals surface area (Å²) in [6, 6.07) is 26.1. The van der Waals surface area contributed by atoms with Gasteiger partial charge in [0, 0.05) is 161 Å². The maximum absolute atomic E-state index is 15.5. The number of guanidine groups is 2. The third kappa shape index (κ3) is 31.4. The van der Waals surface area contributed by atoms with Crippen molar-refractivity contribution < 1.29 is 92.3 Å². The first-order valence-electron chi connectivity index (χ1n) is 45.4. The predicted octanol–water partition coefficient (Wildman–Crippen LogP) is -2.17. The zero-order valence-corrected chi connectivity index (χ0v) is 76.3. The summed E-state index contributed by atoms with van der Waals surface area (Å²) in [5.74, 6) is -14.0. The van der Waals surface area contributed by atoms with Crippen molar-refractivity contribution in [3.63, 3.8) is 0 Å². The first kappa shape index (κ1) is 104. The molecule has 139 heavy (non-hydrogen) atoms. The molecule has 0 radical (unpaired) electrons. The van der Waals surface area contributed by atoms with Gasteiger partial charge in [-0.25, -0.2) is 15.2 Å². The van der Waals surface area contributed by atoms with Gasteiger partial charge in [-0.1, -0.05) is 133 Å². The second-order valence-electron chi connectivity index (χ2n) is 34.0. The fourth-order valence-corrected chi connectivity index (χ4v) is 16.8. The van der Waals surface area contributed by atoms with Crippen LogP contribution in [0.4, 0.5) is 4.79 Å². The normalized spacial score (nSPS) is 15.7. The van der Waals surface area contributed by atoms with Gasteiger partial charge in [0.2, 0.25) is 53.2 Å². The molecule has 27 N–H and O–H groups in total. The van der Waals surface area contributed by atoms with E-state index >= 15 is 38.4 Å². The van der Waals surface area contributed by atoms with Crippen LogP contribution in [-0.4, -0.2) is 325 Å². The van der Waals surface area contributed by atoms with E-state index in [0.29, 0.717) is 67.0 Å². The minimum absolute atomic E-state index is 0.00618. The number of imidazole rings is 1. The quantitative estimate of drug-likeness (QED) is 0.00635. The first-order valence-corrected chi connectivity index (χ1v) is 45.4. The van der Waals surface area contributed by atoms with Gasteiger partial charge in [0.25, 0.3) is 5.91 Å². The van der Waals surface area contributed by atoms with Crippen molar-refractivity contribution in [2.45, 2.75) is 125 Å². The SMILES string of the molecule is N=C(N)NCCC[C@H](NC(=O)C(Cc1cccc2ccccc12)NC(=O)CN1CCN(CC(=O)O)CCN(CC(=O)O)CCN(CC(=O)O)CC1)C(=O)N[C@@H](Cc1c[nH]c2ccccc12)C(=O)N[C@@H](CO)C(=O)N[C@@H](Cc1cnc[nH]1)C(=O)N[C@H](CCCNC(=N)N)C(=O)N[C@@H](Cc1c[nH]c2ccccc12)C(=O)N[C@@H](Cc1ccc(C(=O)c2ccccc2)cc1)C(=O)N1CCC[C@H]1C(=O)NNC(N)=O. The molecular weight excluding hydrogens is 1800 g/mol. The number of primary amides is 1. The number of urea groups is 1. The topological polar surface area (TPSA) is 684 Å². The number of carbonyl (C=O) groups excluding carboxylic acids is 12. The van der Waals surface area contributed by atoms with Crippen LogP contribution in [0.1, 0.15) is 82.4 Å². The molecule has 9 aromatic rings. The van der Waals surface area contributed by atoms with Crippen molar-refractivity contribution in [1.29, 1.82) is 10.8 Å². The highest BCUT2D eigenvalue weighted by Crippen LogP contribution is 2.26. The molecule has 0 spiro atoms. The maximum Gasteiger partial charge on any atom is 0.330 e. The third-order valence-electron chi connectivity index (χ3n) is 23.9. The van der Waals surface area contributed by atoms with Gasteiger partial charge < -0.3 is 111 Å². The van der Waals surface area contributed by atoms with E-state index in [0.717, 1.165) is 5.39 Å². The van der Waals surface area contributed by atoms with E-state index in [1.165, 1.54) is 17.4 Å². The predicted molar refractivity (Wildman–Crippen MR) is 509 cm³/mol. The first-order chi connectivity index (χ1) is 66.8. The number of hydrogen-bond donors (Lipinski definition) is 24. The fourth-order valence-electron chi connectivity index (χ4n) is 16.8. The number of benzene rings is 6. The molecule has 12 amide bonds. The summed E-state index contributed by atoms with van der Waals surface area (Å²) in [7, 11) is 0. The average molecular weight is 1920 g/mol. The van der Waals surface area contributed by atoms with Crippen LogP contribution < -0.4 is 81.2 Å². The molecule has 738 valence electrons. The highest BCUT2D eigenvalue weighted by atomic mass is 16.4. The van der Waals surface area contributed by atoms with E-state index in [1.807, 2.05) is 29.7 Å². The fraction of sp³-hybridized carbons (Fsp3) is 0.383. The number of fused-ring (bicyclic) bond motifs is 3. The number of carbonyl (C=O) groups is 15. The van der Waals surface area contributed by atoms with Gasteiger partial charge >= 0.3 is 23.9 Å². The Labute approximate surface area is 797 Å². The largest absolute Gasteiger partial charge is 0.480 e. The number of aromatic nitrogens is 4. The highest BCUT2D eigenvalue weighted by molar-refractivity contribution is 6.09. The molecule has 1 unspecified atom stereocenters. The number of aliphatic hydroxyl groups excluding tert-OH is 1. The second kappa shape index (κ2) is 51.3. The standard InChI is InChI=1S/C94H118N26O19/c95-92(96)101-31-11-24-69(107-85(132)71(43-60-18-10-17-57-14-4-5-19-64(57)60)106-78(122)50-116-34-36-117(51-79(123)124)38-40-119(53-81(127)128)41-39-118(37-35-116)52-80(125)126)83(130)110-73(45-62-48-104-68-23-9-7-21-66(62)68)87(134)113-76(54-121)89(136)111-74(46-63-49-100-55-105-63)88(135)108-70(25-12-32-102-93(97)98)84(131)109-72(44-61-47-103-67-22-8-6-20-65(61)67)86(133)112-75(91(138)120-33-13-26-77(120)90(137)114-115-94(99)139)42-56-27-29-59(30-28-56)82(129)58-15-2-1-3-16-58/h1-10,14-23,27-30,47-49,55,69-77,103-104,121H,11-13,24-26,31-46,50-54H2,(H,100,105)(H,106,122)(H,107,132)(H,108,135)(H,109,131)(H,110,130)(H,111,136)(H,112,133)(H,113,134)(H,114,137)(H,123,124)(H,125,126)(H,127,128)(H4,95,96,101)(H4,97,98,102)(H3,99,115,139)/t69-,70+,71?,72-,73-,74-,75-,76-,77-/m0/s1. The number of amides is 12. The van der Waals surface area contributed by atoms with E-state index in [2.05, 4.69) is 78.5 Å². The van der Waals surface area contributed by atoms with Crippen molar-refractivity contribution in [3.8, 4) is 0 Å². The number of aliphatic carboxylic acids is 3. The molecule has 11 rings (SSSR count). The van der Waals surface area contributed by atoms with Crippen molar-refractivity contribution in [2.75, 3.05) is 105 Å². The summed E-state index contributed by atoms with van der Waals surface area (Å²) in [6.45, 7) is -2.27. The van der Waals surface area contributed by atoms with E-state index in [-0.39, 0.29) is 141 Å². The summed E-state index contributed by atoms with van der Waals surface area (Å²) >= 11 is 0. The Morgan fingerprint density at radius 2 is 0.835 bits per heavy atom. The van der Waals surface area contributed by atoms with Gasteiger partial charge in [-0.05, 0) is 83.7 Å². The second-order valence-corrected chi connectivity index (χ2v) is 34.0. The Morgan fingerprint density at radius 3 is 1.32 bits per heavy atom. The molecule has 0 saturated carbocycles. The Hall–Kier alpha value is -15.7. The number of carboxylic acids is 3. The average Bonchev–Trinajstić information content (AvgIpc) is 1.79. The summed E-state index contributed by atoms with van der Waals surface area (Å²) in [5.41, 5.74) is 25.1. The number of hydrazine groups is 1. The van der Waals surface area contributed by atoms with E-state index in [9.17, 15) is 54.0 Å². The number of nitrogens with zero attached hydrogens (tertiary/aromatic N) is 6. The van der Waals surface area contributed by atoms with Gasteiger partial charge in [0.1, 0.15) is 54.4 Å². The van der Waals surface area contributed by atoms with Gasteiger partial charge in [-0.3, -0.25) is 103 Å². The van der Waals surface area contributed by atoms with Crippen LogP contribution in [-0.2, 0) is 94.4 Å². The van der Waals surface area contributed by atoms with Gasteiger partial charge in [0.05, 0.1) is 39.1 Å². The van der Waals surface area contributed by atoms with Crippen molar-refractivity contribution in [1.82, 2.24) is 108 Å². The number of ketones is 1. The minimum atomic E-state index is -1.95. The van der Waals surface area contributed by atoms with Crippen LogP contribution in [0.25, 0.3) is 32.6 Å². The molecule has 2 aliphatic heterocycles. The molecule has 0 aliphatic carbocycles. The number of nitrogens with two attached hydrogens (primary N) is 3. The van der Waals surface area contributed by atoms with Gasteiger partial charge in [0.15, 0.2) is 17.7 Å². The van der Waals surface area contributed by atoms with Crippen LogP contribution >= 0.6 is 0 Å². The lowest BCUT2D eigenvalue weighted by Gasteiger charge is -2.33. The molecule has 45 heteroatoms. The molecule has 9 atom stereocenters. The van der Waals surface area contributed by atoms with Gasteiger partial charge in [-0.2, -0.15) is 0 Å². The molecule has 45 nitrogen and oxygen atoms in total. The molecule has 6 aromatic carbocycles. The number of nitrogens with one attached hydrogen (secondary N) is 17. The van der Waals surface area contributed by atoms with Crippen LogP contribution in [0.5, 0.6) is 0 Å². The molecular formula is C94H118N26O19. The number of aromatic amines is 3. The van der Waals surface area contributed by atoms with Crippen LogP contribution in [0.2, 0.25) is 0 Å². The van der Waals surface area contributed by atoms with E-state index < -0.39 is 189 Å². The molecule has 0 bridgehead atoms. The van der Waals surface area contributed by atoms with Crippen LogP contribution in [0, 0.1) is 10.8 Å². The number of para-hydroxylation sites is 2. The highest BCUT2D eigenvalue weighted by Gasteiger charge is 2.41. The number of hydrogen-bond acceptors (Lipinski definition) is 23. The Bertz CT molecular complexity index is 5800. The summed E-state index contributed by atoms with van der Waals surface area (Å²) in [5, 5.41) is 86.7. The number of likely N-dealkylation sites (tertiary alicyclic amines) is 1. The van der Waals surface area contributed by atoms with Gasteiger partial charge in [-0.15, -0.1) is 0 Å². The lowest BCUT2D eigenvalue weighted by molar-refractivity contribution is -0.142. The zero-order valence-electron chi connectivity index (χ0n) is 76.3. The summed E-state index contributed by atoms with van der Waals surface area (Å²) in [6.07, 6.45) is 4.44. The molecule has 5 heterocycles. The summed E-state index contributed by atoms with van der Waals surface area (Å²) < 4.78 is 0. The Morgan fingerprint density at radius 1 is 0.417 bits per heavy atom. The minimum Gasteiger partial charge on any atom is -0.480 e. The Balaban J connectivity index is 0.857. The Kier molecular flexibility index (Phi) is 38.3. The van der Waals surface area contributed by atoms with Crippen molar-refractivity contribution >= 4 is 133 Å². The van der Waals surface area contributed by atoms with Crippen molar-refractivity contribution in [3.05, 3.63) is 210 Å². The third-order valence-corrected chi connectivity index (χ3v) is 23.9. The maximum atomic E-state index is 15.5. The zero-order chi connectivity index (χ0) is 99.6. The lowest BCUT2D eigenvalue weighted by Crippen LogP contribution is -2.62. The number of H-pyrrole nitrogens is 3. The van der Waals surface area contributed by atoms with Crippen LogP contribution in [0.15, 0.2) is 171 Å². The molecule has 2 fully saturated rings.